The molecule has 5 nitrogen and oxygen atoms in total. The second-order valence-corrected chi connectivity index (χ2v) is 7.13. The van der Waals surface area contributed by atoms with Gasteiger partial charge in [-0.3, -0.25) is 4.90 Å². The zero-order chi connectivity index (χ0) is 18.6. The number of urea groups is 1. The highest BCUT2D eigenvalue weighted by molar-refractivity contribution is 5.74. The lowest BCUT2D eigenvalue weighted by Gasteiger charge is -2.20. The molecule has 2 N–H and O–H groups in total. The molecular formula is C18H25F3N4O. The van der Waals surface area contributed by atoms with E-state index in [0.717, 1.165) is 19.5 Å². The molecule has 0 saturated carbocycles. The van der Waals surface area contributed by atoms with Crippen LogP contribution in [0.4, 0.5) is 23.7 Å². The monoisotopic (exact) mass is 370 g/mol. The van der Waals surface area contributed by atoms with E-state index in [1.807, 2.05) is 18.2 Å². The molecule has 2 unspecified atom stereocenters. The van der Waals surface area contributed by atoms with Crippen LogP contribution < -0.4 is 15.5 Å². The van der Waals surface area contributed by atoms with Crippen molar-refractivity contribution in [3.05, 3.63) is 30.3 Å². The first kappa shape index (κ1) is 18.8. The average molecular weight is 370 g/mol. The largest absolute Gasteiger partial charge is 0.401 e. The van der Waals surface area contributed by atoms with E-state index in [1.54, 1.807) is 0 Å². The summed E-state index contributed by atoms with van der Waals surface area (Å²) in [6, 6.07) is 9.66. The Morgan fingerprint density at radius 3 is 2.62 bits per heavy atom. The molecule has 2 saturated heterocycles. The van der Waals surface area contributed by atoms with Crippen molar-refractivity contribution in [3.8, 4) is 0 Å². The van der Waals surface area contributed by atoms with Crippen LogP contribution in [0.15, 0.2) is 30.3 Å². The summed E-state index contributed by atoms with van der Waals surface area (Å²) in [6.45, 7) is 2.13. The second kappa shape index (κ2) is 8.16. The van der Waals surface area contributed by atoms with Gasteiger partial charge in [0.15, 0.2) is 0 Å². The third-order valence-corrected chi connectivity index (χ3v) is 4.97. The van der Waals surface area contributed by atoms with Gasteiger partial charge in [-0.25, -0.2) is 4.79 Å². The predicted molar refractivity (Wildman–Crippen MR) is 94.2 cm³/mol. The fraction of sp³-hybridized carbons (Fsp3) is 0.611. The summed E-state index contributed by atoms with van der Waals surface area (Å²) in [6.07, 6.45) is -2.63. The molecule has 3 rings (SSSR count). The fourth-order valence-electron chi connectivity index (χ4n) is 3.69. The molecule has 0 spiro atoms. The van der Waals surface area contributed by atoms with E-state index in [4.69, 9.17) is 0 Å². The smallest absolute Gasteiger partial charge is 0.371 e. The summed E-state index contributed by atoms with van der Waals surface area (Å²) in [5.41, 5.74) is 1.19. The third-order valence-electron chi connectivity index (χ3n) is 4.97. The maximum Gasteiger partial charge on any atom is 0.401 e. The number of carbonyl (C=O) groups is 1. The van der Waals surface area contributed by atoms with Crippen LogP contribution >= 0.6 is 0 Å². The molecule has 0 bridgehead atoms. The van der Waals surface area contributed by atoms with Gasteiger partial charge in [0.05, 0.1) is 6.54 Å². The van der Waals surface area contributed by atoms with Gasteiger partial charge in [0.1, 0.15) is 0 Å². The number of rotatable bonds is 5. The van der Waals surface area contributed by atoms with Crippen molar-refractivity contribution in [2.75, 3.05) is 44.2 Å². The number of benzene rings is 1. The minimum Gasteiger partial charge on any atom is -0.371 e. The van der Waals surface area contributed by atoms with Crippen LogP contribution in [0.1, 0.15) is 12.8 Å². The molecular weight excluding hydrogens is 345 g/mol. The number of alkyl halides is 3. The lowest BCUT2D eigenvalue weighted by molar-refractivity contribution is -0.143. The van der Waals surface area contributed by atoms with Gasteiger partial charge in [0, 0.05) is 44.5 Å². The highest BCUT2D eigenvalue weighted by Crippen LogP contribution is 2.23. The van der Waals surface area contributed by atoms with E-state index in [0.29, 0.717) is 25.4 Å². The molecule has 0 aromatic heterocycles. The van der Waals surface area contributed by atoms with E-state index in [-0.39, 0.29) is 18.6 Å². The summed E-state index contributed by atoms with van der Waals surface area (Å²) in [7, 11) is 0. The van der Waals surface area contributed by atoms with Crippen LogP contribution in [0.25, 0.3) is 0 Å². The zero-order valence-electron chi connectivity index (χ0n) is 14.6. The summed E-state index contributed by atoms with van der Waals surface area (Å²) < 4.78 is 37.2. The maximum atomic E-state index is 12.4. The molecule has 2 atom stereocenters. The Bertz CT molecular complexity index is 596. The van der Waals surface area contributed by atoms with Crippen LogP contribution in [-0.2, 0) is 0 Å². The number of para-hydroxylation sites is 1. The molecule has 2 heterocycles. The number of carbonyl (C=O) groups excluding carboxylic acids is 1. The second-order valence-electron chi connectivity index (χ2n) is 7.13. The Labute approximate surface area is 151 Å². The van der Waals surface area contributed by atoms with Crippen molar-refractivity contribution in [2.24, 2.45) is 5.92 Å². The first-order valence-corrected chi connectivity index (χ1v) is 9.02. The molecule has 2 aliphatic rings. The number of hydrogen-bond donors (Lipinski definition) is 2. The molecule has 1 aromatic rings. The number of nitrogens with zero attached hydrogens (tertiary/aromatic N) is 2. The number of amides is 2. The van der Waals surface area contributed by atoms with E-state index in [9.17, 15) is 18.0 Å². The summed E-state index contributed by atoms with van der Waals surface area (Å²) in [4.78, 5) is 15.7. The third kappa shape index (κ3) is 5.52. The van der Waals surface area contributed by atoms with Crippen LogP contribution in [0, 0.1) is 5.92 Å². The predicted octanol–water partition coefficient (Wildman–Crippen LogP) is 2.45. The van der Waals surface area contributed by atoms with Crippen molar-refractivity contribution in [1.29, 1.82) is 0 Å². The van der Waals surface area contributed by atoms with Gasteiger partial charge < -0.3 is 15.5 Å². The normalized spacial score (nSPS) is 24.0. The number of nitrogens with one attached hydrogen (secondary N) is 2. The first-order chi connectivity index (χ1) is 12.4. The number of anilines is 1. The SMILES string of the molecule is O=C(NCC1CCN(c2ccccc2)C1)NC1CCN(CC(F)(F)F)C1. The highest BCUT2D eigenvalue weighted by atomic mass is 19.4. The van der Waals surface area contributed by atoms with Gasteiger partial charge in [-0.1, -0.05) is 18.2 Å². The Hall–Kier alpha value is -1.96. The first-order valence-electron chi connectivity index (χ1n) is 9.02. The quantitative estimate of drug-likeness (QED) is 0.837. The molecule has 8 heteroatoms. The summed E-state index contributed by atoms with van der Waals surface area (Å²) in [5.74, 6) is 0.381. The van der Waals surface area contributed by atoms with Gasteiger partial charge in [0.2, 0.25) is 0 Å². The average Bonchev–Trinajstić information content (AvgIpc) is 3.22. The minimum atomic E-state index is -4.19. The number of likely N-dealkylation sites (tertiary alicyclic amines) is 1. The van der Waals surface area contributed by atoms with Crippen LogP contribution in [0.2, 0.25) is 0 Å². The maximum absolute atomic E-state index is 12.4. The standard InChI is InChI=1S/C18H25F3N4O/c19-18(20,21)13-24-8-7-15(12-24)23-17(26)22-10-14-6-9-25(11-14)16-4-2-1-3-5-16/h1-5,14-15H,6-13H2,(H2,22,23,26). The lowest BCUT2D eigenvalue weighted by Crippen LogP contribution is -2.45. The van der Waals surface area contributed by atoms with Crippen molar-refractivity contribution in [2.45, 2.75) is 25.1 Å². The molecule has 0 radical (unpaired) electrons. The van der Waals surface area contributed by atoms with Gasteiger partial charge in [-0.2, -0.15) is 13.2 Å². The Balaban J connectivity index is 1.35. The van der Waals surface area contributed by atoms with Gasteiger partial charge in [0.25, 0.3) is 0 Å². The van der Waals surface area contributed by atoms with E-state index in [2.05, 4.69) is 27.7 Å². The number of hydrogen-bond acceptors (Lipinski definition) is 3. The molecule has 2 aliphatic heterocycles. The molecule has 0 aliphatic carbocycles. The van der Waals surface area contributed by atoms with Gasteiger partial charge >= 0.3 is 12.2 Å². The molecule has 144 valence electrons. The van der Waals surface area contributed by atoms with Gasteiger partial charge in [-0.05, 0) is 30.9 Å². The van der Waals surface area contributed by atoms with Crippen molar-refractivity contribution in [1.82, 2.24) is 15.5 Å². The van der Waals surface area contributed by atoms with Crippen molar-refractivity contribution >= 4 is 11.7 Å². The van der Waals surface area contributed by atoms with Crippen LogP contribution in [0.3, 0.4) is 0 Å². The van der Waals surface area contributed by atoms with E-state index >= 15 is 0 Å². The van der Waals surface area contributed by atoms with E-state index in [1.165, 1.54) is 10.6 Å². The molecule has 1 aromatic carbocycles. The van der Waals surface area contributed by atoms with Gasteiger partial charge in [-0.15, -0.1) is 0 Å². The number of halogens is 3. The molecule has 2 fully saturated rings. The fourth-order valence-corrected chi connectivity index (χ4v) is 3.69. The Morgan fingerprint density at radius 2 is 1.88 bits per heavy atom. The zero-order valence-corrected chi connectivity index (χ0v) is 14.6. The van der Waals surface area contributed by atoms with E-state index < -0.39 is 12.7 Å². The molecule has 2 amide bonds. The molecule has 26 heavy (non-hydrogen) atoms. The van der Waals surface area contributed by atoms with Crippen molar-refractivity contribution < 1.29 is 18.0 Å². The lowest BCUT2D eigenvalue weighted by atomic mass is 10.1. The van der Waals surface area contributed by atoms with Crippen LogP contribution in [0.5, 0.6) is 0 Å². The highest BCUT2D eigenvalue weighted by Gasteiger charge is 2.34. The van der Waals surface area contributed by atoms with Crippen molar-refractivity contribution in [3.63, 3.8) is 0 Å². The summed E-state index contributed by atoms with van der Waals surface area (Å²) in [5, 5.41) is 5.66. The van der Waals surface area contributed by atoms with Crippen LogP contribution in [-0.4, -0.2) is 62.4 Å². The summed E-state index contributed by atoms with van der Waals surface area (Å²) >= 11 is 0. The Kier molecular flexibility index (Phi) is 5.90. The topological polar surface area (TPSA) is 47.6 Å². The minimum absolute atomic E-state index is 0.221. The Morgan fingerprint density at radius 1 is 1.12 bits per heavy atom.